The van der Waals surface area contributed by atoms with E-state index >= 15 is 0 Å². The van der Waals surface area contributed by atoms with Crippen LogP contribution in [0.15, 0.2) is 42.5 Å². The van der Waals surface area contributed by atoms with Crippen LogP contribution >= 0.6 is 11.6 Å². The summed E-state index contributed by atoms with van der Waals surface area (Å²) in [4.78, 5) is 11.9. The van der Waals surface area contributed by atoms with Crippen molar-refractivity contribution in [2.75, 3.05) is 17.2 Å². The maximum atomic E-state index is 12.3. The van der Waals surface area contributed by atoms with Gasteiger partial charge >= 0.3 is 6.61 Å². The quantitative estimate of drug-likeness (QED) is 0.828. The van der Waals surface area contributed by atoms with Crippen molar-refractivity contribution in [3.05, 3.63) is 53.1 Å². The molecule has 24 heavy (non-hydrogen) atoms. The highest BCUT2D eigenvalue weighted by Gasteiger charge is 2.11. The number of hydrogen-bond donors (Lipinski definition) is 2. The van der Waals surface area contributed by atoms with E-state index in [9.17, 15) is 13.6 Å². The van der Waals surface area contributed by atoms with E-state index in [1.807, 2.05) is 6.07 Å². The Morgan fingerprint density at radius 2 is 2.04 bits per heavy atom. The third-order valence-electron chi connectivity index (χ3n) is 2.92. The lowest BCUT2D eigenvalue weighted by Gasteiger charge is -2.12. The van der Waals surface area contributed by atoms with Gasteiger partial charge in [-0.05, 0) is 30.3 Å². The summed E-state index contributed by atoms with van der Waals surface area (Å²) in [6.07, 6.45) is 0. The third kappa shape index (κ3) is 4.83. The normalized spacial score (nSPS) is 10.1. The van der Waals surface area contributed by atoms with Gasteiger partial charge in [0, 0.05) is 5.69 Å². The van der Waals surface area contributed by atoms with Crippen LogP contribution < -0.4 is 15.4 Å². The Kier molecular flexibility index (Phi) is 5.93. The van der Waals surface area contributed by atoms with Gasteiger partial charge in [0.2, 0.25) is 5.91 Å². The number of rotatable bonds is 6. The topological polar surface area (TPSA) is 74.2 Å². The van der Waals surface area contributed by atoms with Crippen LogP contribution in [0.5, 0.6) is 5.75 Å². The van der Waals surface area contributed by atoms with Gasteiger partial charge in [-0.2, -0.15) is 14.0 Å². The number of nitrogens with one attached hydrogen (secondary N) is 2. The van der Waals surface area contributed by atoms with Crippen LogP contribution in [0.2, 0.25) is 5.02 Å². The molecule has 0 saturated heterocycles. The Morgan fingerprint density at radius 3 is 2.75 bits per heavy atom. The Labute approximate surface area is 141 Å². The van der Waals surface area contributed by atoms with E-state index in [-0.39, 0.29) is 23.5 Å². The Balaban J connectivity index is 1.98. The first-order chi connectivity index (χ1) is 11.5. The number of hydrogen-bond acceptors (Lipinski definition) is 4. The standard InChI is InChI=1S/C16H12ClF2N3O2/c17-12-6-5-11(7-10(12)8-20)21-9-15(23)22-13-3-1-2-4-14(13)24-16(18)19/h1-7,16,21H,9H2,(H,22,23). The maximum absolute atomic E-state index is 12.3. The summed E-state index contributed by atoms with van der Waals surface area (Å²) in [7, 11) is 0. The van der Waals surface area contributed by atoms with Crippen LogP contribution in [0.1, 0.15) is 5.56 Å². The van der Waals surface area contributed by atoms with E-state index in [2.05, 4.69) is 15.4 Å². The van der Waals surface area contributed by atoms with Crippen molar-refractivity contribution < 1.29 is 18.3 Å². The van der Waals surface area contributed by atoms with Gasteiger partial charge in [0.1, 0.15) is 11.8 Å². The molecule has 124 valence electrons. The molecule has 0 bridgehead atoms. The van der Waals surface area contributed by atoms with Gasteiger partial charge in [0.15, 0.2) is 0 Å². The summed E-state index contributed by atoms with van der Waals surface area (Å²) >= 11 is 5.82. The van der Waals surface area contributed by atoms with Crippen molar-refractivity contribution in [2.45, 2.75) is 6.61 Å². The van der Waals surface area contributed by atoms with Gasteiger partial charge in [-0.15, -0.1) is 0 Å². The minimum Gasteiger partial charge on any atom is -0.433 e. The lowest BCUT2D eigenvalue weighted by atomic mass is 10.2. The van der Waals surface area contributed by atoms with Gasteiger partial charge in [-0.25, -0.2) is 0 Å². The van der Waals surface area contributed by atoms with Crippen LogP contribution in [-0.4, -0.2) is 19.1 Å². The van der Waals surface area contributed by atoms with Gasteiger partial charge in [0.05, 0.1) is 22.8 Å². The monoisotopic (exact) mass is 351 g/mol. The molecular weight excluding hydrogens is 340 g/mol. The average Bonchev–Trinajstić information content (AvgIpc) is 2.55. The fourth-order valence-electron chi connectivity index (χ4n) is 1.87. The Morgan fingerprint density at radius 1 is 1.29 bits per heavy atom. The predicted octanol–water partition coefficient (Wildman–Crippen LogP) is 3.86. The average molecular weight is 352 g/mol. The number of ether oxygens (including phenoxy) is 1. The molecule has 0 fully saturated rings. The number of carbonyl (C=O) groups excluding carboxylic acids is 1. The van der Waals surface area contributed by atoms with Gasteiger partial charge < -0.3 is 15.4 Å². The second-order valence-corrected chi connectivity index (χ2v) is 4.99. The summed E-state index contributed by atoms with van der Waals surface area (Å²) in [5.41, 5.74) is 0.944. The number of benzene rings is 2. The Bertz CT molecular complexity index is 778. The molecule has 0 saturated carbocycles. The number of para-hydroxylation sites is 2. The zero-order valence-corrected chi connectivity index (χ0v) is 13.0. The number of carbonyl (C=O) groups is 1. The molecule has 8 heteroatoms. The number of anilines is 2. The summed E-state index contributed by atoms with van der Waals surface area (Å²) in [5, 5.41) is 14.5. The lowest BCUT2D eigenvalue weighted by molar-refractivity contribution is -0.114. The smallest absolute Gasteiger partial charge is 0.387 e. The number of amides is 1. The van der Waals surface area contributed by atoms with Gasteiger partial charge in [0.25, 0.3) is 0 Å². The molecule has 0 radical (unpaired) electrons. The summed E-state index contributed by atoms with van der Waals surface area (Å²) < 4.78 is 29.0. The lowest BCUT2D eigenvalue weighted by Crippen LogP contribution is -2.22. The van der Waals surface area contributed by atoms with E-state index in [1.54, 1.807) is 12.1 Å². The first-order valence-electron chi connectivity index (χ1n) is 6.77. The Hall–Kier alpha value is -2.85. The number of halogens is 3. The summed E-state index contributed by atoms with van der Waals surface area (Å²) in [6.45, 7) is -3.12. The minimum atomic E-state index is -2.99. The highest BCUT2D eigenvalue weighted by Crippen LogP contribution is 2.25. The van der Waals surface area contributed by atoms with E-state index in [0.29, 0.717) is 10.7 Å². The molecular formula is C16H12ClF2N3O2. The van der Waals surface area contributed by atoms with Crippen molar-refractivity contribution in [1.29, 1.82) is 5.26 Å². The van der Waals surface area contributed by atoms with Crippen LogP contribution in [-0.2, 0) is 4.79 Å². The van der Waals surface area contributed by atoms with E-state index in [4.69, 9.17) is 16.9 Å². The van der Waals surface area contributed by atoms with Gasteiger partial charge in [-0.3, -0.25) is 4.79 Å². The second kappa shape index (κ2) is 8.13. The molecule has 0 aliphatic carbocycles. The fraction of sp³-hybridized carbons (Fsp3) is 0.125. The van der Waals surface area contributed by atoms with Crippen molar-refractivity contribution in [3.8, 4) is 11.8 Å². The molecule has 2 aromatic rings. The molecule has 0 aliphatic rings. The SMILES string of the molecule is N#Cc1cc(NCC(=O)Nc2ccccc2OC(F)F)ccc1Cl. The first-order valence-corrected chi connectivity index (χ1v) is 7.14. The second-order valence-electron chi connectivity index (χ2n) is 4.58. The predicted molar refractivity (Wildman–Crippen MR) is 86.4 cm³/mol. The largest absolute Gasteiger partial charge is 0.433 e. The van der Waals surface area contributed by atoms with Crippen molar-refractivity contribution in [1.82, 2.24) is 0 Å². The van der Waals surface area contributed by atoms with Crippen LogP contribution in [0.25, 0.3) is 0 Å². The van der Waals surface area contributed by atoms with Crippen molar-refractivity contribution >= 4 is 28.9 Å². The van der Waals surface area contributed by atoms with E-state index in [0.717, 1.165) is 0 Å². The molecule has 2 aromatic carbocycles. The maximum Gasteiger partial charge on any atom is 0.387 e. The molecule has 0 aromatic heterocycles. The molecule has 1 amide bonds. The van der Waals surface area contributed by atoms with Crippen LogP contribution in [0.3, 0.4) is 0 Å². The molecule has 2 N–H and O–H groups in total. The van der Waals surface area contributed by atoms with Crippen LogP contribution in [0.4, 0.5) is 20.2 Å². The molecule has 0 spiro atoms. The summed E-state index contributed by atoms with van der Waals surface area (Å²) in [5.74, 6) is -0.590. The van der Waals surface area contributed by atoms with Crippen molar-refractivity contribution in [3.63, 3.8) is 0 Å². The zero-order valence-electron chi connectivity index (χ0n) is 12.2. The number of alkyl halides is 2. The third-order valence-corrected chi connectivity index (χ3v) is 3.25. The van der Waals surface area contributed by atoms with E-state index < -0.39 is 12.5 Å². The molecule has 2 rings (SSSR count). The summed E-state index contributed by atoms with van der Waals surface area (Å²) in [6, 6.07) is 12.5. The highest BCUT2D eigenvalue weighted by atomic mass is 35.5. The van der Waals surface area contributed by atoms with Gasteiger partial charge in [-0.1, -0.05) is 23.7 Å². The molecule has 0 unspecified atom stereocenters. The molecule has 0 heterocycles. The molecule has 0 atom stereocenters. The number of nitrogens with zero attached hydrogens (tertiary/aromatic N) is 1. The zero-order chi connectivity index (χ0) is 17.5. The highest BCUT2D eigenvalue weighted by molar-refractivity contribution is 6.31. The van der Waals surface area contributed by atoms with E-state index in [1.165, 1.54) is 30.3 Å². The minimum absolute atomic E-state index is 0.126. The fourth-order valence-corrected chi connectivity index (χ4v) is 2.03. The van der Waals surface area contributed by atoms with Crippen LogP contribution in [0, 0.1) is 11.3 Å². The molecule has 5 nitrogen and oxygen atoms in total. The van der Waals surface area contributed by atoms with Crippen molar-refractivity contribution in [2.24, 2.45) is 0 Å². The number of nitriles is 1. The molecule has 0 aliphatic heterocycles. The first kappa shape index (κ1) is 17.5.